The van der Waals surface area contributed by atoms with E-state index in [0.717, 1.165) is 48.4 Å². The number of aromatic carboxylic acids is 1. The van der Waals surface area contributed by atoms with E-state index in [1.54, 1.807) is 6.07 Å². The molecular weight excluding hydrogens is 390 g/mol. The average molecular weight is 418 g/mol. The summed E-state index contributed by atoms with van der Waals surface area (Å²) < 4.78 is 1.84. The first-order valence-electron chi connectivity index (χ1n) is 11.4. The van der Waals surface area contributed by atoms with Crippen LogP contribution < -0.4 is 4.90 Å². The molecule has 7 nitrogen and oxygen atoms in total. The molecule has 0 spiro atoms. The molecule has 31 heavy (non-hydrogen) atoms. The Balaban J connectivity index is 1.49. The van der Waals surface area contributed by atoms with Crippen LogP contribution in [0.25, 0.3) is 16.7 Å². The van der Waals surface area contributed by atoms with Crippen LogP contribution in [0.4, 0.5) is 5.69 Å². The molecular formula is C24H27N5O2. The molecule has 3 aromatic rings. The minimum absolute atomic E-state index is 0.0874. The zero-order valence-corrected chi connectivity index (χ0v) is 17.6. The van der Waals surface area contributed by atoms with Crippen molar-refractivity contribution in [1.82, 2.24) is 19.7 Å². The number of hydrogen-bond donors (Lipinski definition) is 1. The number of fused-ring (bicyclic) bond motifs is 1. The molecule has 0 radical (unpaired) electrons. The first kappa shape index (κ1) is 18.8. The van der Waals surface area contributed by atoms with E-state index in [-0.39, 0.29) is 5.69 Å². The van der Waals surface area contributed by atoms with Crippen LogP contribution in [0.1, 0.15) is 54.2 Å². The van der Waals surface area contributed by atoms with Gasteiger partial charge in [-0.05, 0) is 57.0 Å². The maximum atomic E-state index is 11.9. The van der Waals surface area contributed by atoms with Gasteiger partial charge in [0.15, 0.2) is 11.3 Å². The molecule has 1 aliphatic carbocycles. The second-order valence-electron chi connectivity index (χ2n) is 9.09. The molecule has 2 saturated heterocycles. The third-order valence-electron chi connectivity index (χ3n) is 7.22. The molecule has 7 heteroatoms. The van der Waals surface area contributed by atoms with Crippen molar-refractivity contribution in [1.29, 1.82) is 0 Å². The number of benzene rings is 1. The molecule has 2 aromatic heterocycles. The first-order valence-corrected chi connectivity index (χ1v) is 11.4. The van der Waals surface area contributed by atoms with Crippen LogP contribution in [-0.4, -0.2) is 63.0 Å². The van der Waals surface area contributed by atoms with Crippen LogP contribution in [-0.2, 0) is 0 Å². The molecule has 6 rings (SSSR count). The fraction of sp³-hybridized carbons (Fsp3) is 0.458. The minimum Gasteiger partial charge on any atom is -0.477 e. The van der Waals surface area contributed by atoms with Gasteiger partial charge >= 0.3 is 5.97 Å². The van der Waals surface area contributed by atoms with Crippen LogP contribution in [0.3, 0.4) is 0 Å². The first-order chi connectivity index (χ1) is 15.2. The number of anilines is 1. The highest BCUT2D eigenvalue weighted by Gasteiger charge is 2.37. The van der Waals surface area contributed by atoms with Crippen molar-refractivity contribution in [3.05, 3.63) is 47.8 Å². The monoisotopic (exact) mass is 417 g/mol. The number of para-hydroxylation sites is 1. The normalized spacial score (nSPS) is 20.2. The van der Waals surface area contributed by atoms with Gasteiger partial charge < -0.3 is 10.0 Å². The van der Waals surface area contributed by atoms with Gasteiger partial charge in [-0.25, -0.2) is 14.5 Å². The maximum absolute atomic E-state index is 11.9. The largest absolute Gasteiger partial charge is 0.477 e. The van der Waals surface area contributed by atoms with E-state index in [9.17, 15) is 9.90 Å². The molecule has 0 atom stereocenters. The van der Waals surface area contributed by atoms with Gasteiger partial charge in [-0.2, -0.15) is 5.10 Å². The van der Waals surface area contributed by atoms with Crippen LogP contribution in [0.15, 0.2) is 36.4 Å². The highest BCUT2D eigenvalue weighted by molar-refractivity contribution is 5.99. The Kier molecular flexibility index (Phi) is 4.45. The van der Waals surface area contributed by atoms with Gasteiger partial charge in [-0.15, -0.1) is 0 Å². The number of carboxylic acid groups (broad SMARTS) is 1. The lowest BCUT2D eigenvalue weighted by Crippen LogP contribution is -2.59. The van der Waals surface area contributed by atoms with Crippen molar-refractivity contribution >= 4 is 22.7 Å². The van der Waals surface area contributed by atoms with Crippen LogP contribution in [0, 0.1) is 0 Å². The van der Waals surface area contributed by atoms with E-state index >= 15 is 0 Å². The quantitative estimate of drug-likeness (QED) is 0.683. The summed E-state index contributed by atoms with van der Waals surface area (Å²) in [7, 11) is 0. The minimum atomic E-state index is -0.995. The highest BCUT2D eigenvalue weighted by Crippen LogP contribution is 2.43. The Bertz CT molecular complexity index is 1130. The topological polar surface area (TPSA) is 74.5 Å². The lowest BCUT2D eigenvalue weighted by molar-refractivity contribution is 0.0691. The number of carboxylic acids is 1. The van der Waals surface area contributed by atoms with E-state index in [4.69, 9.17) is 5.10 Å². The Morgan fingerprint density at radius 3 is 2.42 bits per heavy atom. The van der Waals surface area contributed by atoms with Gasteiger partial charge in [0.2, 0.25) is 0 Å². The van der Waals surface area contributed by atoms with E-state index in [1.807, 2.05) is 35.0 Å². The molecule has 4 heterocycles. The summed E-state index contributed by atoms with van der Waals surface area (Å²) in [5.74, 6) is -0.565. The molecule has 1 aromatic carbocycles. The molecule has 3 fully saturated rings. The number of rotatable bonds is 5. The zero-order valence-electron chi connectivity index (χ0n) is 17.6. The second-order valence-corrected chi connectivity index (χ2v) is 9.09. The number of nitrogens with zero attached hydrogens (tertiary/aromatic N) is 5. The SMILES string of the molecule is O=C(O)c1cc(N2CC(N3CCCC3)C2)c2c(C3CCC3)nn(-c3ccccc3)c2n1. The summed E-state index contributed by atoms with van der Waals surface area (Å²) in [6, 6.07) is 12.3. The zero-order chi connectivity index (χ0) is 20.9. The van der Waals surface area contributed by atoms with Gasteiger partial charge in [0.05, 0.1) is 22.5 Å². The van der Waals surface area contributed by atoms with E-state index in [2.05, 4.69) is 14.8 Å². The molecule has 0 amide bonds. The van der Waals surface area contributed by atoms with Crippen LogP contribution in [0.5, 0.6) is 0 Å². The van der Waals surface area contributed by atoms with Crippen LogP contribution >= 0.6 is 0 Å². The van der Waals surface area contributed by atoms with Gasteiger partial charge in [0, 0.05) is 25.0 Å². The summed E-state index contributed by atoms with van der Waals surface area (Å²) in [5.41, 5.74) is 3.73. The fourth-order valence-corrected chi connectivity index (χ4v) is 5.19. The fourth-order valence-electron chi connectivity index (χ4n) is 5.19. The van der Waals surface area contributed by atoms with E-state index < -0.39 is 5.97 Å². The second kappa shape index (κ2) is 7.34. The third-order valence-corrected chi connectivity index (χ3v) is 7.22. The lowest BCUT2D eigenvalue weighted by Gasteiger charge is -2.45. The number of carbonyl (C=O) groups is 1. The summed E-state index contributed by atoms with van der Waals surface area (Å²) >= 11 is 0. The van der Waals surface area contributed by atoms with Crippen molar-refractivity contribution < 1.29 is 9.90 Å². The van der Waals surface area contributed by atoms with Crippen molar-refractivity contribution in [3.8, 4) is 5.69 Å². The number of pyridine rings is 1. The van der Waals surface area contributed by atoms with Gasteiger partial charge in [-0.1, -0.05) is 24.6 Å². The molecule has 2 aliphatic heterocycles. The Labute approximate surface area is 181 Å². The molecule has 1 N–H and O–H groups in total. The predicted octanol–water partition coefficient (Wildman–Crippen LogP) is 3.67. The average Bonchev–Trinajstić information content (AvgIpc) is 3.35. The lowest BCUT2D eigenvalue weighted by atomic mass is 9.81. The predicted molar refractivity (Wildman–Crippen MR) is 119 cm³/mol. The van der Waals surface area contributed by atoms with Crippen molar-refractivity contribution in [2.75, 3.05) is 31.1 Å². The van der Waals surface area contributed by atoms with Crippen molar-refractivity contribution in [2.24, 2.45) is 0 Å². The highest BCUT2D eigenvalue weighted by atomic mass is 16.4. The van der Waals surface area contributed by atoms with Crippen molar-refractivity contribution in [3.63, 3.8) is 0 Å². The molecule has 3 aliphatic rings. The Morgan fingerprint density at radius 2 is 1.77 bits per heavy atom. The van der Waals surface area contributed by atoms with Gasteiger partial charge in [0.25, 0.3) is 0 Å². The molecule has 0 unspecified atom stereocenters. The molecule has 160 valence electrons. The Hall–Kier alpha value is -2.93. The van der Waals surface area contributed by atoms with E-state index in [1.165, 1.54) is 32.4 Å². The van der Waals surface area contributed by atoms with Crippen molar-refractivity contribution in [2.45, 2.75) is 44.1 Å². The summed E-state index contributed by atoms with van der Waals surface area (Å²) in [4.78, 5) is 21.4. The molecule has 0 bridgehead atoms. The van der Waals surface area contributed by atoms with Gasteiger partial charge in [-0.3, -0.25) is 4.90 Å². The summed E-state index contributed by atoms with van der Waals surface area (Å²) in [6.45, 7) is 4.26. The third kappa shape index (κ3) is 3.10. The summed E-state index contributed by atoms with van der Waals surface area (Å²) in [5, 5.41) is 15.8. The standard InChI is InChI=1S/C24H27N5O2/c30-24(31)19-13-20(28-14-18(15-28)27-11-4-5-12-27)21-22(16-7-6-8-16)26-29(23(21)25-19)17-9-2-1-3-10-17/h1-3,9-10,13,16,18H,4-8,11-12,14-15H2,(H,30,31). The summed E-state index contributed by atoms with van der Waals surface area (Å²) in [6.07, 6.45) is 6.07. The molecule has 1 saturated carbocycles. The van der Waals surface area contributed by atoms with E-state index in [0.29, 0.717) is 17.6 Å². The smallest absolute Gasteiger partial charge is 0.354 e. The number of likely N-dealkylation sites (tertiary alicyclic amines) is 1. The maximum Gasteiger partial charge on any atom is 0.354 e. The van der Waals surface area contributed by atoms with Gasteiger partial charge in [0.1, 0.15) is 0 Å². The van der Waals surface area contributed by atoms with Crippen LogP contribution in [0.2, 0.25) is 0 Å². The number of aromatic nitrogens is 3. The Morgan fingerprint density at radius 1 is 1.03 bits per heavy atom. The number of hydrogen-bond acceptors (Lipinski definition) is 5.